The first-order valence-electron chi connectivity index (χ1n) is 6.99. The number of hydrogen-bond acceptors (Lipinski definition) is 4. The molecule has 1 amide bonds. The van der Waals surface area contributed by atoms with Crippen LogP contribution >= 0.6 is 11.6 Å². The third-order valence-electron chi connectivity index (χ3n) is 3.63. The Hall–Kier alpha value is -2.79. The molecule has 0 saturated heterocycles. The van der Waals surface area contributed by atoms with Gasteiger partial charge in [-0.25, -0.2) is 4.99 Å². The molecule has 0 spiro atoms. The number of carbonyl (C=O) groups excluding carboxylic acids is 1. The predicted octanol–water partition coefficient (Wildman–Crippen LogP) is 3.79. The topological polar surface area (TPSA) is 68.3 Å². The summed E-state index contributed by atoms with van der Waals surface area (Å²) in [6, 6.07) is 11.4. The Kier molecular flexibility index (Phi) is 3.28. The van der Waals surface area contributed by atoms with Gasteiger partial charge in [-0.05, 0) is 29.0 Å². The zero-order valence-electron chi connectivity index (χ0n) is 11.8. The number of aliphatic imine (C=N–C) groups is 1. The fourth-order valence-corrected chi connectivity index (χ4v) is 2.78. The van der Waals surface area contributed by atoms with Gasteiger partial charge in [0.2, 0.25) is 0 Å². The number of carbonyl (C=O) groups is 1. The number of allylic oxidation sites excluding steroid dienone is 1. The highest BCUT2D eigenvalue weighted by atomic mass is 35.5. The van der Waals surface area contributed by atoms with Crippen LogP contribution in [0.2, 0.25) is 5.02 Å². The van der Waals surface area contributed by atoms with Crippen LogP contribution in [0, 0.1) is 0 Å². The Labute approximate surface area is 136 Å². The number of fused-ring (bicyclic) bond motifs is 1. The molecule has 5 nitrogen and oxygen atoms in total. The first-order chi connectivity index (χ1) is 11.2. The van der Waals surface area contributed by atoms with E-state index >= 15 is 0 Å². The highest BCUT2D eigenvalue weighted by Crippen LogP contribution is 2.32. The van der Waals surface area contributed by atoms with Gasteiger partial charge in [0.05, 0.1) is 0 Å². The quantitative estimate of drug-likeness (QED) is 0.719. The SMILES string of the molecule is O=C1N=CC=CC1c1noc(-c2cc(Cl)cc3ccccc23)n1. The molecule has 1 atom stereocenters. The minimum Gasteiger partial charge on any atom is -0.334 e. The highest BCUT2D eigenvalue weighted by molar-refractivity contribution is 6.32. The second-order valence-corrected chi connectivity index (χ2v) is 5.55. The van der Waals surface area contributed by atoms with Crippen LogP contribution in [0.1, 0.15) is 11.7 Å². The molecule has 2 heterocycles. The minimum absolute atomic E-state index is 0.294. The monoisotopic (exact) mass is 323 g/mol. The lowest BCUT2D eigenvalue weighted by molar-refractivity contribution is -0.118. The lowest BCUT2D eigenvalue weighted by atomic mass is 10.0. The van der Waals surface area contributed by atoms with Crippen LogP contribution in [0.15, 0.2) is 58.1 Å². The van der Waals surface area contributed by atoms with E-state index in [-0.39, 0.29) is 5.91 Å². The van der Waals surface area contributed by atoms with Crippen LogP contribution in [-0.2, 0) is 4.79 Å². The lowest BCUT2D eigenvalue weighted by Gasteiger charge is -2.05. The van der Waals surface area contributed by atoms with Gasteiger partial charge in [0.15, 0.2) is 5.82 Å². The summed E-state index contributed by atoms with van der Waals surface area (Å²) in [5.74, 6) is -0.296. The van der Waals surface area contributed by atoms with Crippen molar-refractivity contribution in [3.05, 3.63) is 59.4 Å². The number of nitrogens with zero attached hydrogens (tertiary/aromatic N) is 3. The molecular weight excluding hydrogens is 314 g/mol. The Morgan fingerprint density at radius 2 is 2.04 bits per heavy atom. The molecule has 1 aliphatic heterocycles. The maximum absolute atomic E-state index is 11.8. The molecule has 0 radical (unpaired) electrons. The number of benzene rings is 2. The molecule has 0 saturated carbocycles. The van der Waals surface area contributed by atoms with Crippen LogP contribution in [0.5, 0.6) is 0 Å². The molecule has 1 aromatic heterocycles. The van der Waals surface area contributed by atoms with Gasteiger partial charge in [-0.1, -0.05) is 47.1 Å². The molecule has 0 aliphatic carbocycles. The van der Waals surface area contributed by atoms with E-state index in [1.165, 1.54) is 6.21 Å². The van der Waals surface area contributed by atoms with Crippen molar-refractivity contribution in [2.24, 2.45) is 4.99 Å². The van der Waals surface area contributed by atoms with Crippen molar-refractivity contribution in [3.8, 4) is 11.5 Å². The third kappa shape index (κ3) is 2.45. The van der Waals surface area contributed by atoms with Crippen LogP contribution in [0.3, 0.4) is 0 Å². The normalized spacial score (nSPS) is 17.1. The van der Waals surface area contributed by atoms with Gasteiger partial charge >= 0.3 is 0 Å². The van der Waals surface area contributed by atoms with Crippen LogP contribution < -0.4 is 0 Å². The zero-order chi connectivity index (χ0) is 15.8. The highest BCUT2D eigenvalue weighted by Gasteiger charge is 2.25. The summed E-state index contributed by atoms with van der Waals surface area (Å²) in [5, 5.41) is 6.44. The molecule has 2 aromatic carbocycles. The van der Waals surface area contributed by atoms with E-state index in [0.29, 0.717) is 16.7 Å². The molecule has 4 rings (SSSR count). The molecular formula is C17H10ClN3O2. The van der Waals surface area contributed by atoms with Crippen molar-refractivity contribution in [2.45, 2.75) is 5.92 Å². The van der Waals surface area contributed by atoms with Crippen molar-refractivity contribution >= 4 is 34.5 Å². The van der Waals surface area contributed by atoms with E-state index in [1.807, 2.05) is 30.3 Å². The van der Waals surface area contributed by atoms with E-state index in [2.05, 4.69) is 15.1 Å². The van der Waals surface area contributed by atoms with Gasteiger partial charge in [-0.3, -0.25) is 4.79 Å². The second kappa shape index (κ2) is 5.44. The largest absolute Gasteiger partial charge is 0.334 e. The van der Waals surface area contributed by atoms with Crippen molar-refractivity contribution in [3.63, 3.8) is 0 Å². The number of dihydropyridines is 1. The summed E-state index contributed by atoms with van der Waals surface area (Å²) in [5.41, 5.74) is 0.739. The Balaban J connectivity index is 1.82. The second-order valence-electron chi connectivity index (χ2n) is 5.11. The van der Waals surface area contributed by atoms with Gasteiger partial charge in [-0.15, -0.1) is 0 Å². The molecule has 0 N–H and O–H groups in total. The Morgan fingerprint density at radius 1 is 1.17 bits per heavy atom. The number of hydrogen-bond donors (Lipinski definition) is 0. The van der Waals surface area contributed by atoms with Gasteiger partial charge in [0.25, 0.3) is 11.8 Å². The fraction of sp³-hybridized carbons (Fsp3) is 0.0588. The molecule has 1 aliphatic rings. The summed E-state index contributed by atoms with van der Waals surface area (Å²) in [4.78, 5) is 19.9. The molecule has 0 bridgehead atoms. The zero-order valence-corrected chi connectivity index (χ0v) is 12.6. The van der Waals surface area contributed by atoms with Crippen molar-refractivity contribution in [1.82, 2.24) is 10.1 Å². The van der Waals surface area contributed by atoms with Gasteiger partial charge in [0.1, 0.15) is 5.92 Å². The number of amides is 1. The Morgan fingerprint density at radius 3 is 2.91 bits per heavy atom. The average Bonchev–Trinajstić information content (AvgIpc) is 3.04. The summed E-state index contributed by atoms with van der Waals surface area (Å²) < 4.78 is 5.36. The van der Waals surface area contributed by atoms with Crippen molar-refractivity contribution < 1.29 is 9.32 Å². The minimum atomic E-state index is -0.608. The van der Waals surface area contributed by atoms with Crippen molar-refractivity contribution in [2.75, 3.05) is 0 Å². The van der Waals surface area contributed by atoms with Crippen LogP contribution in [0.25, 0.3) is 22.2 Å². The fourth-order valence-electron chi connectivity index (χ4n) is 2.56. The van der Waals surface area contributed by atoms with E-state index in [4.69, 9.17) is 16.1 Å². The predicted molar refractivity (Wildman–Crippen MR) is 87.6 cm³/mol. The van der Waals surface area contributed by atoms with Gasteiger partial charge in [0, 0.05) is 16.8 Å². The summed E-state index contributed by atoms with van der Waals surface area (Å²) in [7, 11) is 0. The summed E-state index contributed by atoms with van der Waals surface area (Å²) in [6.07, 6.45) is 4.83. The maximum Gasteiger partial charge on any atom is 0.260 e. The summed E-state index contributed by atoms with van der Waals surface area (Å²) >= 11 is 6.18. The molecule has 3 aromatic rings. The van der Waals surface area contributed by atoms with Crippen LogP contribution in [-0.4, -0.2) is 22.3 Å². The molecule has 1 unspecified atom stereocenters. The average molecular weight is 324 g/mol. The van der Waals surface area contributed by atoms with Gasteiger partial charge in [-0.2, -0.15) is 4.98 Å². The van der Waals surface area contributed by atoms with E-state index < -0.39 is 5.92 Å². The lowest BCUT2D eigenvalue weighted by Crippen LogP contribution is -2.12. The number of rotatable bonds is 2. The maximum atomic E-state index is 11.8. The molecule has 23 heavy (non-hydrogen) atoms. The molecule has 0 fully saturated rings. The van der Waals surface area contributed by atoms with E-state index in [0.717, 1.165) is 16.3 Å². The van der Waals surface area contributed by atoms with Crippen molar-refractivity contribution in [1.29, 1.82) is 0 Å². The standard InChI is InChI=1S/C17H10ClN3O2/c18-11-8-10-4-1-2-5-12(10)14(9-11)17-20-15(21-23-17)13-6-3-7-19-16(13)22/h1-9,13H. The van der Waals surface area contributed by atoms with Gasteiger partial charge < -0.3 is 4.52 Å². The first kappa shape index (κ1) is 13.8. The van der Waals surface area contributed by atoms with E-state index in [9.17, 15) is 4.79 Å². The number of halogens is 1. The molecule has 6 heteroatoms. The van der Waals surface area contributed by atoms with Crippen LogP contribution in [0.4, 0.5) is 0 Å². The Bertz CT molecular complexity index is 975. The van der Waals surface area contributed by atoms with E-state index in [1.54, 1.807) is 18.2 Å². The molecule has 112 valence electrons. The third-order valence-corrected chi connectivity index (χ3v) is 3.85. The number of aromatic nitrogens is 2. The first-order valence-corrected chi connectivity index (χ1v) is 7.37. The smallest absolute Gasteiger partial charge is 0.260 e. The summed E-state index contributed by atoms with van der Waals surface area (Å²) in [6.45, 7) is 0.